The summed E-state index contributed by atoms with van der Waals surface area (Å²) in [4.78, 5) is 0. The molecular formula is C48H58O2. The van der Waals surface area contributed by atoms with Crippen LogP contribution in [0.2, 0.25) is 0 Å². The summed E-state index contributed by atoms with van der Waals surface area (Å²) in [5.41, 5.74) is 6.15. The predicted molar refractivity (Wildman–Crippen MR) is 213 cm³/mol. The highest BCUT2D eigenvalue weighted by molar-refractivity contribution is 5.66. The van der Waals surface area contributed by atoms with Gasteiger partial charge in [0.1, 0.15) is 11.5 Å². The van der Waals surface area contributed by atoms with Crippen molar-refractivity contribution >= 4 is 0 Å². The van der Waals surface area contributed by atoms with Gasteiger partial charge in [0.25, 0.3) is 0 Å². The van der Waals surface area contributed by atoms with Crippen LogP contribution in [-0.4, -0.2) is 13.2 Å². The third-order valence-electron chi connectivity index (χ3n) is 9.07. The van der Waals surface area contributed by atoms with Crippen molar-refractivity contribution in [3.8, 4) is 46.3 Å². The maximum atomic E-state index is 6.13. The highest BCUT2D eigenvalue weighted by Gasteiger charge is 2.03. The first-order valence-electron chi connectivity index (χ1n) is 19.4. The van der Waals surface area contributed by atoms with Crippen molar-refractivity contribution in [1.82, 2.24) is 0 Å². The fourth-order valence-electron chi connectivity index (χ4n) is 6.00. The second-order valence-electron chi connectivity index (χ2n) is 13.3. The number of benzene rings is 4. The van der Waals surface area contributed by atoms with Crippen molar-refractivity contribution in [3.05, 3.63) is 119 Å². The number of rotatable bonds is 21. The first kappa shape index (κ1) is 38.4. The minimum atomic E-state index is 0.744. The van der Waals surface area contributed by atoms with E-state index in [1.54, 1.807) is 0 Å². The average Bonchev–Trinajstić information content (AvgIpc) is 3.16. The summed E-state index contributed by atoms with van der Waals surface area (Å²) in [5, 5.41) is 0. The zero-order chi connectivity index (χ0) is 34.9. The molecule has 0 unspecified atom stereocenters. The van der Waals surface area contributed by atoms with E-state index in [-0.39, 0.29) is 0 Å². The van der Waals surface area contributed by atoms with Crippen LogP contribution in [0.25, 0.3) is 11.1 Å². The van der Waals surface area contributed by atoms with Gasteiger partial charge in [-0.1, -0.05) is 176 Å². The summed E-state index contributed by atoms with van der Waals surface area (Å²) in [5.74, 6) is 15.1. The topological polar surface area (TPSA) is 18.5 Å². The summed E-state index contributed by atoms with van der Waals surface area (Å²) in [7, 11) is 0. The smallest absolute Gasteiger partial charge is 0.134 e. The molecule has 4 rings (SSSR count). The summed E-state index contributed by atoms with van der Waals surface area (Å²) in [6.07, 6.45) is 20.7. The molecule has 50 heavy (non-hydrogen) atoms. The van der Waals surface area contributed by atoms with Gasteiger partial charge in [0, 0.05) is 11.1 Å². The lowest BCUT2D eigenvalue weighted by atomic mass is 10.0. The maximum Gasteiger partial charge on any atom is 0.134 e. The maximum absolute atomic E-state index is 6.13. The van der Waals surface area contributed by atoms with Crippen molar-refractivity contribution in [2.24, 2.45) is 0 Å². The number of hydrogen-bond acceptors (Lipinski definition) is 2. The summed E-state index contributed by atoms with van der Waals surface area (Å²) >= 11 is 0. The molecule has 2 heteroatoms. The molecule has 0 heterocycles. The molecule has 0 radical (unpaired) electrons. The molecular weight excluding hydrogens is 609 g/mol. The summed E-state index contributed by atoms with van der Waals surface area (Å²) in [6.45, 7) is 6.02. The predicted octanol–water partition coefficient (Wildman–Crippen LogP) is 13.2. The van der Waals surface area contributed by atoms with Crippen molar-refractivity contribution in [2.45, 2.75) is 117 Å². The van der Waals surface area contributed by atoms with Crippen molar-refractivity contribution in [3.63, 3.8) is 0 Å². The number of hydrogen-bond donors (Lipinski definition) is 0. The van der Waals surface area contributed by atoms with Gasteiger partial charge in [-0.2, -0.15) is 0 Å². The molecule has 0 amide bonds. The molecule has 0 bridgehead atoms. The van der Waals surface area contributed by atoms with E-state index in [4.69, 9.17) is 9.47 Å². The molecule has 0 saturated carbocycles. The van der Waals surface area contributed by atoms with Gasteiger partial charge < -0.3 is 9.47 Å². The average molecular weight is 667 g/mol. The third-order valence-corrected chi connectivity index (χ3v) is 9.07. The molecule has 0 fully saturated rings. The Hall–Kier alpha value is -4.40. The van der Waals surface area contributed by atoms with Gasteiger partial charge in [0.2, 0.25) is 0 Å². The highest BCUT2D eigenvalue weighted by atomic mass is 16.5. The molecule has 0 aliphatic rings. The molecule has 0 aliphatic heterocycles. The Morgan fingerprint density at radius 2 is 0.700 bits per heavy atom. The quantitative estimate of drug-likeness (QED) is 0.0651. The van der Waals surface area contributed by atoms with Crippen LogP contribution < -0.4 is 9.47 Å². The van der Waals surface area contributed by atoms with Gasteiger partial charge in [-0.3, -0.25) is 0 Å². The summed E-state index contributed by atoms with van der Waals surface area (Å²) < 4.78 is 12.3. The van der Waals surface area contributed by atoms with E-state index in [0.29, 0.717) is 0 Å². The normalized spacial score (nSPS) is 10.5. The molecule has 2 nitrogen and oxygen atoms in total. The zero-order valence-electron chi connectivity index (χ0n) is 30.8. The first-order valence-corrected chi connectivity index (χ1v) is 19.4. The Labute approximate surface area is 304 Å². The van der Waals surface area contributed by atoms with Crippen LogP contribution >= 0.6 is 0 Å². The van der Waals surface area contributed by atoms with Crippen LogP contribution in [0.3, 0.4) is 0 Å². The Balaban J connectivity index is 1.24. The second kappa shape index (κ2) is 23.9. The molecule has 262 valence electrons. The lowest BCUT2D eigenvalue weighted by Gasteiger charge is -2.08. The SMILES string of the molecule is CCCCCCCCCCOc1ccccc1C#Cc1ccc(-c2ccc(C#Cc3ccccc3OCCCCCCCCCC)cc2)cc1. The number of ether oxygens (including phenoxy) is 2. The number of unbranched alkanes of at least 4 members (excludes halogenated alkanes) is 14. The Bertz CT molecular complexity index is 1500. The van der Waals surface area contributed by atoms with Gasteiger partial charge in [-0.25, -0.2) is 0 Å². The monoisotopic (exact) mass is 666 g/mol. The van der Waals surface area contributed by atoms with E-state index in [9.17, 15) is 0 Å². The second-order valence-corrected chi connectivity index (χ2v) is 13.3. The molecule has 0 atom stereocenters. The van der Waals surface area contributed by atoms with Crippen molar-refractivity contribution in [2.75, 3.05) is 13.2 Å². The minimum absolute atomic E-state index is 0.744. The lowest BCUT2D eigenvalue weighted by molar-refractivity contribution is 0.303. The molecule has 0 saturated heterocycles. The van der Waals surface area contributed by atoms with Gasteiger partial charge in [0.15, 0.2) is 0 Å². The van der Waals surface area contributed by atoms with Crippen molar-refractivity contribution in [1.29, 1.82) is 0 Å². The van der Waals surface area contributed by atoms with Crippen LogP contribution in [0.15, 0.2) is 97.1 Å². The van der Waals surface area contributed by atoms with Gasteiger partial charge >= 0.3 is 0 Å². The Morgan fingerprint density at radius 1 is 0.360 bits per heavy atom. The molecule has 0 N–H and O–H groups in total. The highest BCUT2D eigenvalue weighted by Crippen LogP contribution is 2.22. The van der Waals surface area contributed by atoms with Gasteiger partial charge in [-0.15, -0.1) is 0 Å². The molecule has 4 aromatic rings. The number of para-hydroxylation sites is 2. The largest absolute Gasteiger partial charge is 0.492 e. The van der Waals surface area contributed by atoms with Crippen LogP contribution in [0.4, 0.5) is 0 Å². The van der Waals surface area contributed by atoms with E-state index in [1.165, 1.54) is 89.9 Å². The molecule has 0 spiro atoms. The van der Waals surface area contributed by atoms with E-state index in [2.05, 4.69) is 86.1 Å². The van der Waals surface area contributed by atoms with Gasteiger partial charge in [-0.05, 0) is 72.5 Å². The van der Waals surface area contributed by atoms with E-state index >= 15 is 0 Å². The van der Waals surface area contributed by atoms with E-state index in [0.717, 1.165) is 70.9 Å². The zero-order valence-corrected chi connectivity index (χ0v) is 30.8. The van der Waals surface area contributed by atoms with Crippen molar-refractivity contribution < 1.29 is 9.47 Å². The fraction of sp³-hybridized carbons (Fsp3) is 0.417. The fourth-order valence-corrected chi connectivity index (χ4v) is 6.00. The third kappa shape index (κ3) is 14.6. The van der Waals surface area contributed by atoms with E-state index in [1.807, 2.05) is 48.5 Å². The Kier molecular flexibility index (Phi) is 18.3. The summed E-state index contributed by atoms with van der Waals surface area (Å²) in [6, 6.07) is 33.1. The first-order chi connectivity index (χ1) is 24.8. The Morgan fingerprint density at radius 3 is 1.08 bits per heavy atom. The van der Waals surface area contributed by atoms with Crippen LogP contribution in [0, 0.1) is 23.7 Å². The van der Waals surface area contributed by atoms with Crippen LogP contribution in [-0.2, 0) is 0 Å². The molecule has 4 aromatic carbocycles. The van der Waals surface area contributed by atoms with Crippen LogP contribution in [0.5, 0.6) is 11.5 Å². The standard InChI is InChI=1S/C48H58O2/c1-3-5-7-9-11-13-15-21-39-49-47-25-19-17-23-45(47)37-31-41-27-33-43(34-28-41)44-35-29-42(30-36-44)32-38-46-24-18-20-26-48(46)50-40-22-16-14-12-10-8-6-4-2/h17-20,23-30,33-36H,3-16,21-22,39-40H2,1-2H3. The molecule has 0 aliphatic carbocycles. The lowest BCUT2D eigenvalue weighted by Crippen LogP contribution is -1.99. The minimum Gasteiger partial charge on any atom is -0.492 e. The van der Waals surface area contributed by atoms with Crippen LogP contribution in [0.1, 0.15) is 139 Å². The van der Waals surface area contributed by atoms with E-state index < -0.39 is 0 Å². The van der Waals surface area contributed by atoms with Gasteiger partial charge in [0.05, 0.1) is 24.3 Å². The molecule has 0 aromatic heterocycles.